The van der Waals surface area contributed by atoms with Crippen molar-refractivity contribution in [3.63, 3.8) is 0 Å². The summed E-state index contributed by atoms with van der Waals surface area (Å²) in [6.45, 7) is 8.36. The van der Waals surface area contributed by atoms with Gasteiger partial charge in [-0.25, -0.2) is 0 Å². The quantitative estimate of drug-likeness (QED) is 0.818. The number of methoxy groups -OCH3 is 1. The van der Waals surface area contributed by atoms with Gasteiger partial charge >= 0.3 is 0 Å². The molecule has 2 rings (SSSR count). The molecule has 1 aromatic carbocycles. The molecule has 0 amide bonds. The van der Waals surface area contributed by atoms with Crippen LogP contribution in [0.25, 0.3) is 0 Å². The van der Waals surface area contributed by atoms with Crippen LogP contribution in [0.5, 0.6) is 5.75 Å². The highest BCUT2D eigenvalue weighted by molar-refractivity contribution is 5.38. The first kappa shape index (κ1) is 13.9. The number of para-hydroxylation sites is 1. The molecule has 1 aromatic rings. The minimum atomic E-state index is 0.0375. The summed E-state index contributed by atoms with van der Waals surface area (Å²) >= 11 is 0. The van der Waals surface area contributed by atoms with E-state index >= 15 is 0 Å². The summed E-state index contributed by atoms with van der Waals surface area (Å²) in [7, 11) is 1.69. The van der Waals surface area contributed by atoms with Gasteiger partial charge in [-0.1, -0.05) is 18.2 Å². The average molecular weight is 258 g/mol. The Kier molecular flexibility index (Phi) is 3.82. The lowest BCUT2D eigenvalue weighted by Crippen LogP contribution is -2.39. The summed E-state index contributed by atoms with van der Waals surface area (Å²) < 4.78 is 5.44. The number of likely N-dealkylation sites (tertiary alicyclic amines) is 1. The highest BCUT2D eigenvalue weighted by Gasteiger charge is 2.39. The van der Waals surface area contributed by atoms with E-state index in [-0.39, 0.29) is 17.4 Å². The van der Waals surface area contributed by atoms with Crippen molar-refractivity contribution < 1.29 is 4.74 Å². The molecule has 0 N–H and O–H groups in total. The van der Waals surface area contributed by atoms with Crippen molar-refractivity contribution in [2.75, 3.05) is 20.2 Å². The first-order valence-electron chi connectivity index (χ1n) is 6.75. The summed E-state index contributed by atoms with van der Waals surface area (Å²) in [5, 5.41) is 9.43. The van der Waals surface area contributed by atoms with Gasteiger partial charge in [0.15, 0.2) is 0 Å². The average Bonchev–Trinajstić information content (AvgIpc) is 2.82. The van der Waals surface area contributed by atoms with Crippen molar-refractivity contribution >= 4 is 0 Å². The van der Waals surface area contributed by atoms with Gasteiger partial charge in [0.2, 0.25) is 0 Å². The van der Waals surface area contributed by atoms with Crippen molar-refractivity contribution in [3.8, 4) is 11.8 Å². The first-order valence-corrected chi connectivity index (χ1v) is 6.75. The summed E-state index contributed by atoms with van der Waals surface area (Å²) in [5.41, 5.74) is 1.26. The Bertz CT molecular complexity index is 484. The van der Waals surface area contributed by atoms with Crippen LogP contribution in [0.2, 0.25) is 0 Å². The molecule has 3 heteroatoms. The maximum Gasteiger partial charge on any atom is 0.122 e. The molecule has 0 aromatic heterocycles. The predicted molar refractivity (Wildman–Crippen MR) is 76.2 cm³/mol. The van der Waals surface area contributed by atoms with Crippen LogP contribution in [-0.2, 0) is 0 Å². The van der Waals surface area contributed by atoms with Crippen LogP contribution >= 0.6 is 0 Å². The topological polar surface area (TPSA) is 36.3 Å². The number of ether oxygens (including phenoxy) is 1. The van der Waals surface area contributed by atoms with Crippen molar-refractivity contribution in [3.05, 3.63) is 29.8 Å². The molecule has 0 bridgehead atoms. The number of benzene rings is 1. The van der Waals surface area contributed by atoms with E-state index in [4.69, 9.17) is 4.74 Å². The fraction of sp³-hybridized carbons (Fsp3) is 0.562. The molecule has 2 atom stereocenters. The molecule has 0 spiro atoms. The van der Waals surface area contributed by atoms with E-state index in [9.17, 15) is 5.26 Å². The van der Waals surface area contributed by atoms with Crippen LogP contribution in [0.3, 0.4) is 0 Å². The second-order valence-corrected chi connectivity index (χ2v) is 6.16. The van der Waals surface area contributed by atoms with Crippen LogP contribution in [0.4, 0.5) is 0 Å². The standard InChI is InChI=1S/C16H22N2O/c1-16(2,3)18-10-12(9-17)14(11-18)13-7-5-6-8-15(13)19-4/h5-8,12,14H,10-11H2,1-4H3/t12-,14-/m0/s1. The smallest absolute Gasteiger partial charge is 0.122 e. The van der Waals surface area contributed by atoms with Crippen molar-refractivity contribution in [1.82, 2.24) is 4.90 Å². The number of nitriles is 1. The van der Waals surface area contributed by atoms with E-state index in [1.54, 1.807) is 7.11 Å². The lowest BCUT2D eigenvalue weighted by molar-refractivity contribution is 0.170. The molecular weight excluding hydrogens is 236 g/mol. The highest BCUT2D eigenvalue weighted by Crippen LogP contribution is 2.39. The molecule has 1 aliphatic heterocycles. The number of hydrogen-bond acceptors (Lipinski definition) is 3. The monoisotopic (exact) mass is 258 g/mol. The molecule has 3 nitrogen and oxygen atoms in total. The second-order valence-electron chi connectivity index (χ2n) is 6.16. The Labute approximate surface area is 115 Å². The zero-order valence-electron chi connectivity index (χ0n) is 12.2. The van der Waals surface area contributed by atoms with Crippen molar-refractivity contribution in [2.24, 2.45) is 5.92 Å². The lowest BCUT2D eigenvalue weighted by Gasteiger charge is -2.31. The third-order valence-corrected chi connectivity index (χ3v) is 3.97. The number of nitrogens with zero attached hydrogens (tertiary/aromatic N) is 2. The van der Waals surface area contributed by atoms with E-state index in [1.807, 2.05) is 18.2 Å². The van der Waals surface area contributed by atoms with Gasteiger partial charge < -0.3 is 4.74 Å². The minimum Gasteiger partial charge on any atom is -0.496 e. The lowest BCUT2D eigenvalue weighted by atomic mass is 9.89. The highest BCUT2D eigenvalue weighted by atomic mass is 16.5. The van der Waals surface area contributed by atoms with Crippen LogP contribution in [0, 0.1) is 17.2 Å². The Hall–Kier alpha value is -1.53. The molecule has 1 aliphatic rings. The predicted octanol–water partition coefficient (Wildman–Crippen LogP) is 3.03. The summed E-state index contributed by atoms with van der Waals surface area (Å²) in [6.07, 6.45) is 0. The van der Waals surface area contributed by atoms with Crippen molar-refractivity contribution in [1.29, 1.82) is 5.26 Å². The van der Waals surface area contributed by atoms with Crippen molar-refractivity contribution in [2.45, 2.75) is 32.2 Å². The molecule has 1 saturated heterocycles. The maximum atomic E-state index is 9.43. The molecule has 0 aliphatic carbocycles. The maximum absolute atomic E-state index is 9.43. The van der Waals surface area contributed by atoms with Gasteiger partial charge in [-0.15, -0.1) is 0 Å². The minimum absolute atomic E-state index is 0.0375. The second kappa shape index (κ2) is 5.22. The number of rotatable bonds is 2. The van der Waals surface area contributed by atoms with Gasteiger partial charge in [-0.05, 0) is 32.4 Å². The Morgan fingerprint density at radius 2 is 1.95 bits per heavy atom. The van der Waals surface area contributed by atoms with E-state index < -0.39 is 0 Å². The first-order chi connectivity index (χ1) is 8.97. The molecule has 102 valence electrons. The number of hydrogen-bond donors (Lipinski definition) is 0. The zero-order valence-corrected chi connectivity index (χ0v) is 12.2. The Balaban J connectivity index is 2.31. The molecule has 0 saturated carbocycles. The largest absolute Gasteiger partial charge is 0.496 e. The van der Waals surface area contributed by atoms with Crippen LogP contribution in [-0.4, -0.2) is 30.6 Å². The van der Waals surface area contributed by atoms with Gasteiger partial charge in [0, 0.05) is 24.5 Å². The van der Waals surface area contributed by atoms with E-state index in [2.05, 4.69) is 37.8 Å². The van der Waals surface area contributed by atoms with Gasteiger partial charge in [0.25, 0.3) is 0 Å². The fourth-order valence-corrected chi connectivity index (χ4v) is 2.77. The van der Waals surface area contributed by atoms with E-state index in [0.29, 0.717) is 0 Å². The summed E-state index contributed by atoms with van der Waals surface area (Å²) in [4.78, 5) is 2.39. The fourth-order valence-electron chi connectivity index (χ4n) is 2.77. The Morgan fingerprint density at radius 3 is 2.53 bits per heavy atom. The van der Waals surface area contributed by atoms with Crippen LogP contribution in [0.15, 0.2) is 24.3 Å². The van der Waals surface area contributed by atoms with Gasteiger partial charge in [0.05, 0.1) is 19.1 Å². The SMILES string of the molecule is COc1ccccc1[C@H]1CN(C(C)(C)C)C[C@@H]1C#N. The zero-order chi connectivity index (χ0) is 14.0. The molecule has 0 unspecified atom stereocenters. The van der Waals surface area contributed by atoms with Gasteiger partial charge in [-0.2, -0.15) is 5.26 Å². The summed E-state index contributed by atoms with van der Waals surface area (Å²) in [6, 6.07) is 10.5. The van der Waals surface area contributed by atoms with Gasteiger partial charge in [0.1, 0.15) is 5.75 Å². The molecule has 19 heavy (non-hydrogen) atoms. The van der Waals surface area contributed by atoms with Gasteiger partial charge in [-0.3, -0.25) is 4.90 Å². The van der Waals surface area contributed by atoms with Crippen LogP contribution in [0.1, 0.15) is 32.3 Å². The molecular formula is C16H22N2O. The Morgan fingerprint density at radius 1 is 1.26 bits per heavy atom. The molecule has 0 radical (unpaired) electrons. The third kappa shape index (κ3) is 2.74. The van der Waals surface area contributed by atoms with E-state index in [0.717, 1.165) is 24.4 Å². The van der Waals surface area contributed by atoms with Crippen LogP contribution < -0.4 is 4.74 Å². The molecule has 1 fully saturated rings. The van der Waals surface area contributed by atoms with E-state index in [1.165, 1.54) is 0 Å². The molecule has 1 heterocycles. The third-order valence-electron chi connectivity index (χ3n) is 3.97. The summed E-state index contributed by atoms with van der Waals surface area (Å²) in [5.74, 6) is 1.17. The normalized spacial score (nSPS) is 24.2.